The van der Waals surface area contributed by atoms with Gasteiger partial charge in [-0.25, -0.2) is 8.78 Å². The van der Waals surface area contributed by atoms with E-state index in [1.165, 1.54) is 18.9 Å². The topological polar surface area (TPSA) is 29.1 Å². The van der Waals surface area contributed by atoms with Crippen LogP contribution in [0.15, 0.2) is 28.4 Å². The van der Waals surface area contributed by atoms with Crippen molar-refractivity contribution >= 4 is 21.7 Å². The lowest BCUT2D eigenvalue weighted by Gasteiger charge is -2.13. The van der Waals surface area contributed by atoms with Gasteiger partial charge in [0.1, 0.15) is 11.6 Å². The zero-order valence-electron chi connectivity index (χ0n) is 11.2. The van der Waals surface area contributed by atoms with E-state index in [1.54, 1.807) is 6.92 Å². The molecule has 1 aliphatic carbocycles. The van der Waals surface area contributed by atoms with Crippen LogP contribution in [0.3, 0.4) is 0 Å². The molecule has 0 aromatic heterocycles. The first kappa shape index (κ1) is 15.2. The zero-order chi connectivity index (χ0) is 14.7. The van der Waals surface area contributed by atoms with Gasteiger partial charge in [0.2, 0.25) is 0 Å². The van der Waals surface area contributed by atoms with Gasteiger partial charge in [-0.05, 0) is 47.8 Å². The minimum Gasteiger partial charge on any atom is -0.386 e. The van der Waals surface area contributed by atoms with E-state index < -0.39 is 17.4 Å². The molecule has 1 fully saturated rings. The van der Waals surface area contributed by atoms with Crippen molar-refractivity contribution in [2.24, 2.45) is 0 Å². The number of nitrogens with one attached hydrogen (secondary N) is 1. The molecular weight excluding hydrogens is 328 g/mol. The summed E-state index contributed by atoms with van der Waals surface area (Å²) in [6.45, 7) is 1.77. The van der Waals surface area contributed by atoms with E-state index in [9.17, 15) is 13.6 Å². The predicted molar refractivity (Wildman–Crippen MR) is 77.5 cm³/mol. The quantitative estimate of drug-likeness (QED) is 0.500. The molecule has 0 bridgehead atoms. The molecule has 108 valence electrons. The Morgan fingerprint density at radius 2 is 1.95 bits per heavy atom. The Bertz CT molecular complexity index is 551. The number of carbonyl (C=O) groups excluding carboxylic acids is 1. The molecule has 0 amide bonds. The molecule has 0 saturated heterocycles. The van der Waals surface area contributed by atoms with Crippen LogP contribution >= 0.6 is 15.9 Å². The van der Waals surface area contributed by atoms with Crippen molar-refractivity contribution < 1.29 is 13.6 Å². The maximum Gasteiger partial charge on any atom is 0.190 e. The number of halogens is 3. The summed E-state index contributed by atoms with van der Waals surface area (Å²) in [7, 11) is 0. The van der Waals surface area contributed by atoms with E-state index in [-0.39, 0.29) is 10.0 Å². The number of rotatable bonds is 4. The molecule has 0 radical (unpaired) electrons. The fourth-order valence-electron chi connectivity index (χ4n) is 2.42. The molecule has 0 heterocycles. The molecule has 0 atom stereocenters. The Morgan fingerprint density at radius 1 is 1.30 bits per heavy atom. The maximum atomic E-state index is 13.7. The minimum atomic E-state index is -0.729. The number of benzene rings is 1. The van der Waals surface area contributed by atoms with Gasteiger partial charge in [0.05, 0.1) is 10.0 Å². The van der Waals surface area contributed by atoms with Gasteiger partial charge < -0.3 is 5.32 Å². The third kappa shape index (κ3) is 3.66. The first-order valence-corrected chi connectivity index (χ1v) is 7.40. The highest BCUT2D eigenvalue weighted by molar-refractivity contribution is 9.10. The first-order valence-electron chi connectivity index (χ1n) is 6.61. The Hall–Kier alpha value is -1.23. The van der Waals surface area contributed by atoms with Crippen molar-refractivity contribution in [3.8, 4) is 0 Å². The van der Waals surface area contributed by atoms with Crippen LogP contribution in [0.25, 0.3) is 0 Å². The van der Waals surface area contributed by atoms with Gasteiger partial charge >= 0.3 is 0 Å². The minimum absolute atomic E-state index is 0.0105. The Morgan fingerprint density at radius 3 is 2.60 bits per heavy atom. The molecule has 2 nitrogen and oxygen atoms in total. The van der Waals surface area contributed by atoms with Crippen molar-refractivity contribution in [3.63, 3.8) is 0 Å². The maximum absolute atomic E-state index is 13.7. The molecule has 1 aromatic carbocycles. The number of carbonyl (C=O) groups is 1. The van der Waals surface area contributed by atoms with E-state index >= 15 is 0 Å². The fraction of sp³-hybridized carbons (Fsp3) is 0.400. The van der Waals surface area contributed by atoms with E-state index in [2.05, 4.69) is 21.2 Å². The molecular formula is C15H16BrF2NO. The lowest BCUT2D eigenvalue weighted by molar-refractivity contribution is 0.104. The lowest BCUT2D eigenvalue weighted by atomic mass is 10.1. The summed E-state index contributed by atoms with van der Waals surface area (Å²) in [5.41, 5.74) is 0.433. The van der Waals surface area contributed by atoms with Crippen molar-refractivity contribution in [1.82, 2.24) is 5.32 Å². The highest BCUT2D eigenvalue weighted by atomic mass is 79.9. The smallest absolute Gasteiger partial charge is 0.190 e. The zero-order valence-corrected chi connectivity index (χ0v) is 12.8. The monoisotopic (exact) mass is 343 g/mol. The summed E-state index contributed by atoms with van der Waals surface area (Å²) in [6, 6.07) is 2.27. The third-order valence-electron chi connectivity index (χ3n) is 3.41. The van der Waals surface area contributed by atoms with E-state index in [1.807, 2.05) is 0 Å². The van der Waals surface area contributed by atoms with Gasteiger partial charge in [0, 0.05) is 17.8 Å². The summed E-state index contributed by atoms with van der Waals surface area (Å²) in [5, 5.41) is 3.24. The van der Waals surface area contributed by atoms with Crippen LogP contribution in [0.4, 0.5) is 8.78 Å². The van der Waals surface area contributed by atoms with Gasteiger partial charge in [-0.1, -0.05) is 12.8 Å². The standard InChI is InChI=1S/C15H16BrF2NO/c1-9(19-10-4-2-3-5-10)6-15(20)11-7-14(18)12(16)8-13(11)17/h6-8,10,19H,2-5H2,1H3/b9-6-. The second-order valence-electron chi connectivity index (χ2n) is 5.06. The largest absolute Gasteiger partial charge is 0.386 e. The summed E-state index contributed by atoms with van der Waals surface area (Å²) in [5.74, 6) is -1.91. The number of ketones is 1. The summed E-state index contributed by atoms with van der Waals surface area (Å²) in [4.78, 5) is 12.0. The number of hydrogen-bond acceptors (Lipinski definition) is 2. The van der Waals surface area contributed by atoms with E-state index in [0.29, 0.717) is 11.7 Å². The summed E-state index contributed by atoms with van der Waals surface area (Å²) >= 11 is 2.88. The van der Waals surface area contributed by atoms with Crippen molar-refractivity contribution in [3.05, 3.63) is 45.6 Å². The molecule has 1 saturated carbocycles. The first-order chi connectivity index (χ1) is 9.47. The number of hydrogen-bond donors (Lipinski definition) is 1. The molecule has 0 aliphatic heterocycles. The highest BCUT2D eigenvalue weighted by Gasteiger charge is 2.16. The Labute approximate surface area is 125 Å². The highest BCUT2D eigenvalue weighted by Crippen LogP contribution is 2.21. The van der Waals surface area contributed by atoms with Crippen LogP contribution in [-0.4, -0.2) is 11.8 Å². The molecule has 2 rings (SSSR count). The molecule has 1 aromatic rings. The lowest BCUT2D eigenvalue weighted by Crippen LogP contribution is -2.24. The SMILES string of the molecule is C/C(=C/C(=O)c1cc(F)c(Br)cc1F)NC1CCCC1. The summed E-state index contributed by atoms with van der Waals surface area (Å²) in [6.07, 6.45) is 5.86. The van der Waals surface area contributed by atoms with Crippen LogP contribution in [0.1, 0.15) is 43.0 Å². The molecule has 1 aliphatic rings. The summed E-state index contributed by atoms with van der Waals surface area (Å²) < 4.78 is 27.1. The second-order valence-corrected chi connectivity index (χ2v) is 5.92. The van der Waals surface area contributed by atoms with Gasteiger partial charge in [-0.15, -0.1) is 0 Å². The van der Waals surface area contributed by atoms with E-state index in [4.69, 9.17) is 0 Å². The second kappa shape index (κ2) is 6.48. The molecule has 0 spiro atoms. The fourth-order valence-corrected chi connectivity index (χ4v) is 2.74. The third-order valence-corrected chi connectivity index (χ3v) is 4.02. The van der Waals surface area contributed by atoms with Crippen LogP contribution < -0.4 is 5.32 Å². The van der Waals surface area contributed by atoms with Gasteiger partial charge in [-0.2, -0.15) is 0 Å². The Kier molecular flexibility index (Phi) is 4.91. The molecule has 0 unspecified atom stereocenters. The van der Waals surface area contributed by atoms with Crippen LogP contribution in [0.2, 0.25) is 0 Å². The normalized spacial score (nSPS) is 16.5. The molecule has 20 heavy (non-hydrogen) atoms. The molecule has 5 heteroatoms. The van der Waals surface area contributed by atoms with Gasteiger partial charge in [0.15, 0.2) is 5.78 Å². The number of allylic oxidation sites excluding steroid dienone is 2. The Balaban J connectivity index is 2.12. The van der Waals surface area contributed by atoms with Gasteiger partial charge in [0.25, 0.3) is 0 Å². The van der Waals surface area contributed by atoms with Crippen LogP contribution in [0.5, 0.6) is 0 Å². The van der Waals surface area contributed by atoms with Crippen molar-refractivity contribution in [1.29, 1.82) is 0 Å². The predicted octanol–water partition coefficient (Wildman–Crippen LogP) is 4.35. The molecule has 1 N–H and O–H groups in total. The van der Waals surface area contributed by atoms with Crippen LogP contribution in [-0.2, 0) is 0 Å². The van der Waals surface area contributed by atoms with Crippen LogP contribution in [0, 0.1) is 11.6 Å². The average Bonchev–Trinajstić information content (AvgIpc) is 2.86. The van der Waals surface area contributed by atoms with E-state index in [0.717, 1.165) is 25.0 Å². The van der Waals surface area contributed by atoms with Crippen molar-refractivity contribution in [2.45, 2.75) is 38.6 Å². The average molecular weight is 344 g/mol. The van der Waals surface area contributed by atoms with Crippen molar-refractivity contribution in [2.75, 3.05) is 0 Å². The van der Waals surface area contributed by atoms with Gasteiger partial charge in [-0.3, -0.25) is 4.79 Å².